The van der Waals surface area contributed by atoms with Gasteiger partial charge in [0.05, 0.1) is 5.69 Å². The fraction of sp³-hybridized carbons (Fsp3) is 0.188. The van der Waals surface area contributed by atoms with E-state index in [9.17, 15) is 5.26 Å². The number of benzene rings is 1. The minimum atomic E-state index is 0.535. The van der Waals surface area contributed by atoms with E-state index in [-0.39, 0.29) is 0 Å². The van der Waals surface area contributed by atoms with Gasteiger partial charge in [0, 0.05) is 6.54 Å². The third kappa shape index (κ3) is 3.21. The largest absolute Gasteiger partial charge is 0.364 e. The van der Waals surface area contributed by atoms with E-state index in [4.69, 9.17) is 0 Å². The van der Waals surface area contributed by atoms with Crippen LogP contribution >= 0.6 is 0 Å². The maximum Gasteiger partial charge on any atom is 0.167 e. The summed E-state index contributed by atoms with van der Waals surface area (Å²) in [5.74, 6) is 0.535. The Hall–Kier alpha value is -2.67. The zero-order valence-corrected chi connectivity index (χ0v) is 11.6. The second-order valence-corrected chi connectivity index (χ2v) is 4.44. The molecule has 0 atom stereocenters. The number of rotatable bonds is 4. The molecule has 1 N–H and O–H groups in total. The Kier molecular flexibility index (Phi) is 4.46. The van der Waals surface area contributed by atoms with E-state index in [1.165, 1.54) is 0 Å². The Bertz CT molecular complexity index is 654. The second-order valence-electron chi connectivity index (χ2n) is 4.44. The van der Waals surface area contributed by atoms with Crippen molar-refractivity contribution in [3.63, 3.8) is 0 Å². The average molecular weight is 264 g/mol. The highest BCUT2D eigenvalue weighted by Gasteiger charge is 2.09. The standard InChI is InChI=1S/C16H16N4/c1-12-13(2)19-20-16(15(12)11-17)18-10-6-9-14-7-4-3-5-8-14/h3-9H,10H2,1-2H3,(H,18,20)/b9-6+. The molecule has 0 aliphatic rings. The fourth-order valence-corrected chi connectivity index (χ4v) is 1.78. The van der Waals surface area contributed by atoms with Crippen molar-refractivity contribution < 1.29 is 0 Å². The van der Waals surface area contributed by atoms with E-state index < -0.39 is 0 Å². The van der Waals surface area contributed by atoms with Gasteiger partial charge < -0.3 is 5.32 Å². The highest BCUT2D eigenvalue weighted by Crippen LogP contribution is 2.16. The molecule has 0 unspecified atom stereocenters. The monoisotopic (exact) mass is 264 g/mol. The number of hydrogen-bond acceptors (Lipinski definition) is 4. The van der Waals surface area contributed by atoms with E-state index in [0.29, 0.717) is 17.9 Å². The molecule has 0 aliphatic carbocycles. The molecule has 0 aliphatic heterocycles. The van der Waals surface area contributed by atoms with Crippen LogP contribution < -0.4 is 5.32 Å². The van der Waals surface area contributed by atoms with Crippen LogP contribution in [0.3, 0.4) is 0 Å². The molecule has 4 heteroatoms. The van der Waals surface area contributed by atoms with E-state index in [0.717, 1.165) is 16.8 Å². The van der Waals surface area contributed by atoms with E-state index in [1.807, 2.05) is 56.3 Å². The van der Waals surface area contributed by atoms with Crippen LogP contribution in [0.1, 0.15) is 22.4 Å². The fourth-order valence-electron chi connectivity index (χ4n) is 1.78. The van der Waals surface area contributed by atoms with Crippen LogP contribution in [0.5, 0.6) is 0 Å². The van der Waals surface area contributed by atoms with Gasteiger partial charge in [0.1, 0.15) is 11.6 Å². The summed E-state index contributed by atoms with van der Waals surface area (Å²) in [5.41, 5.74) is 3.36. The molecule has 2 rings (SSSR count). The van der Waals surface area contributed by atoms with Gasteiger partial charge in [-0.15, -0.1) is 5.10 Å². The highest BCUT2D eigenvalue weighted by atomic mass is 15.2. The summed E-state index contributed by atoms with van der Waals surface area (Å²) in [6, 6.07) is 12.2. The zero-order chi connectivity index (χ0) is 14.4. The molecular weight excluding hydrogens is 248 g/mol. The van der Waals surface area contributed by atoms with Crippen molar-refractivity contribution in [2.45, 2.75) is 13.8 Å². The SMILES string of the molecule is Cc1nnc(NC/C=C/c2ccccc2)c(C#N)c1C. The molecule has 1 aromatic heterocycles. The third-order valence-electron chi connectivity index (χ3n) is 3.06. The predicted octanol–water partition coefficient (Wildman–Crippen LogP) is 3.09. The first-order valence-electron chi connectivity index (χ1n) is 6.42. The Balaban J connectivity index is 2.04. The summed E-state index contributed by atoms with van der Waals surface area (Å²) in [7, 11) is 0. The van der Waals surface area contributed by atoms with Crippen molar-refractivity contribution >= 4 is 11.9 Å². The van der Waals surface area contributed by atoms with Gasteiger partial charge in [0.2, 0.25) is 0 Å². The number of nitriles is 1. The van der Waals surface area contributed by atoms with Gasteiger partial charge in [0.15, 0.2) is 5.82 Å². The smallest absolute Gasteiger partial charge is 0.167 e. The van der Waals surface area contributed by atoms with Crippen molar-refractivity contribution in [1.82, 2.24) is 10.2 Å². The lowest BCUT2D eigenvalue weighted by Crippen LogP contribution is -2.07. The van der Waals surface area contributed by atoms with Gasteiger partial charge in [-0.05, 0) is 25.0 Å². The molecule has 0 spiro atoms. The van der Waals surface area contributed by atoms with Gasteiger partial charge in [-0.2, -0.15) is 10.4 Å². The Labute approximate surface area is 118 Å². The molecule has 0 saturated carbocycles. The maximum absolute atomic E-state index is 9.18. The first kappa shape index (κ1) is 13.8. The van der Waals surface area contributed by atoms with E-state index in [1.54, 1.807) is 0 Å². The lowest BCUT2D eigenvalue weighted by molar-refractivity contribution is 0.952. The van der Waals surface area contributed by atoms with Crippen LogP contribution in [0.15, 0.2) is 36.4 Å². The molecule has 0 bridgehead atoms. The van der Waals surface area contributed by atoms with Gasteiger partial charge >= 0.3 is 0 Å². The Morgan fingerprint density at radius 2 is 1.95 bits per heavy atom. The number of aromatic nitrogens is 2. The van der Waals surface area contributed by atoms with Crippen LogP contribution in [0.4, 0.5) is 5.82 Å². The molecule has 0 radical (unpaired) electrons. The van der Waals surface area contributed by atoms with E-state index in [2.05, 4.69) is 21.6 Å². The molecule has 1 heterocycles. The minimum absolute atomic E-state index is 0.535. The summed E-state index contributed by atoms with van der Waals surface area (Å²) in [6.07, 6.45) is 4.01. The highest BCUT2D eigenvalue weighted by molar-refractivity contribution is 5.57. The summed E-state index contributed by atoms with van der Waals surface area (Å²) in [5, 5.41) is 20.4. The molecule has 2 aromatic rings. The molecule has 20 heavy (non-hydrogen) atoms. The number of anilines is 1. The van der Waals surface area contributed by atoms with Crippen LogP contribution in [0, 0.1) is 25.2 Å². The van der Waals surface area contributed by atoms with Crippen molar-refractivity contribution in [3.05, 3.63) is 58.8 Å². The van der Waals surface area contributed by atoms with Crippen LogP contribution in [-0.2, 0) is 0 Å². The van der Waals surface area contributed by atoms with Crippen molar-refractivity contribution in [3.8, 4) is 6.07 Å². The lowest BCUT2D eigenvalue weighted by atomic mass is 10.1. The number of aryl methyl sites for hydroxylation is 1. The van der Waals surface area contributed by atoms with Gasteiger partial charge in [-0.3, -0.25) is 0 Å². The van der Waals surface area contributed by atoms with Crippen LogP contribution in [0.25, 0.3) is 6.08 Å². The van der Waals surface area contributed by atoms with Crippen molar-refractivity contribution in [1.29, 1.82) is 5.26 Å². The Morgan fingerprint density at radius 3 is 2.65 bits per heavy atom. The summed E-state index contributed by atoms with van der Waals surface area (Å²) < 4.78 is 0. The van der Waals surface area contributed by atoms with Gasteiger partial charge in [0.25, 0.3) is 0 Å². The third-order valence-corrected chi connectivity index (χ3v) is 3.06. The normalized spacial score (nSPS) is 10.4. The molecule has 1 aromatic carbocycles. The summed E-state index contributed by atoms with van der Waals surface area (Å²) in [4.78, 5) is 0. The van der Waals surface area contributed by atoms with Crippen molar-refractivity contribution in [2.24, 2.45) is 0 Å². The minimum Gasteiger partial charge on any atom is -0.364 e. The molecule has 100 valence electrons. The molecule has 4 nitrogen and oxygen atoms in total. The molecular formula is C16H16N4. The molecule has 0 fully saturated rings. The quantitative estimate of drug-likeness (QED) is 0.921. The van der Waals surface area contributed by atoms with Crippen molar-refractivity contribution in [2.75, 3.05) is 11.9 Å². The van der Waals surface area contributed by atoms with E-state index >= 15 is 0 Å². The number of nitrogens with one attached hydrogen (secondary N) is 1. The topological polar surface area (TPSA) is 61.6 Å². The maximum atomic E-state index is 9.18. The zero-order valence-electron chi connectivity index (χ0n) is 11.6. The Morgan fingerprint density at radius 1 is 1.20 bits per heavy atom. The second kappa shape index (κ2) is 6.48. The first-order chi connectivity index (χ1) is 9.72. The average Bonchev–Trinajstić information content (AvgIpc) is 2.48. The van der Waals surface area contributed by atoms with Gasteiger partial charge in [-0.1, -0.05) is 42.5 Å². The number of hydrogen-bond donors (Lipinski definition) is 1. The van der Waals surface area contributed by atoms with Crippen LogP contribution in [-0.4, -0.2) is 16.7 Å². The summed E-state index contributed by atoms with van der Waals surface area (Å²) in [6.45, 7) is 4.33. The molecule has 0 saturated heterocycles. The first-order valence-corrected chi connectivity index (χ1v) is 6.42. The van der Waals surface area contributed by atoms with Crippen LogP contribution in [0.2, 0.25) is 0 Å². The number of nitrogens with zero attached hydrogens (tertiary/aromatic N) is 3. The predicted molar refractivity (Wildman–Crippen MR) is 80.2 cm³/mol. The van der Waals surface area contributed by atoms with Gasteiger partial charge in [-0.25, -0.2) is 0 Å². The molecule has 0 amide bonds. The summed E-state index contributed by atoms with van der Waals surface area (Å²) >= 11 is 0. The lowest BCUT2D eigenvalue weighted by Gasteiger charge is -2.07.